The molecular weight excluding hydrogens is 386 g/mol. The van der Waals surface area contributed by atoms with E-state index in [0.29, 0.717) is 0 Å². The number of aryl methyl sites for hydroxylation is 1. The lowest BCUT2D eigenvalue weighted by Crippen LogP contribution is -2.64. The number of aromatic nitrogens is 4. The third-order valence-electron chi connectivity index (χ3n) is 8.37. The van der Waals surface area contributed by atoms with Crippen LogP contribution in [0.5, 0.6) is 0 Å². The van der Waals surface area contributed by atoms with E-state index in [-0.39, 0.29) is 22.8 Å². The zero-order valence-electron chi connectivity index (χ0n) is 18.4. The number of carbonyl (C=O) groups is 1. The van der Waals surface area contributed by atoms with E-state index in [9.17, 15) is 4.79 Å². The molecule has 6 nitrogen and oxygen atoms in total. The number of piperidine rings is 1. The summed E-state index contributed by atoms with van der Waals surface area (Å²) >= 11 is 0. The second kappa shape index (κ2) is 5.96. The van der Waals surface area contributed by atoms with Gasteiger partial charge in [0, 0.05) is 30.6 Å². The molecule has 1 amide bonds. The van der Waals surface area contributed by atoms with Crippen LogP contribution in [0.25, 0.3) is 22.1 Å². The van der Waals surface area contributed by atoms with Gasteiger partial charge in [-0.3, -0.25) is 4.79 Å². The lowest BCUT2D eigenvalue weighted by Gasteiger charge is -2.60. The molecule has 158 valence electrons. The van der Waals surface area contributed by atoms with Crippen LogP contribution in [0, 0.1) is 5.41 Å². The van der Waals surface area contributed by atoms with Crippen molar-refractivity contribution >= 4 is 28.0 Å². The van der Waals surface area contributed by atoms with E-state index < -0.39 is 0 Å². The first-order valence-electron chi connectivity index (χ1n) is 11.0. The summed E-state index contributed by atoms with van der Waals surface area (Å²) in [7, 11) is 2.05. The highest BCUT2D eigenvalue weighted by Gasteiger charge is 2.57. The maximum atomic E-state index is 13.7. The number of amides is 1. The number of fused-ring (bicyclic) bond motifs is 6. The van der Waals surface area contributed by atoms with Gasteiger partial charge in [0.05, 0.1) is 34.7 Å². The maximum absolute atomic E-state index is 13.7. The average Bonchev–Trinajstić information content (AvgIpc) is 3.35. The molecule has 1 fully saturated rings. The SMILES string of the molecule is Cn1cnc2cc3c(cc21)[C@]1(C)CCN(C(=O)c2ccc4nc[nH]c4c2)[C@H](C3)C1(C)C. The minimum atomic E-state index is -0.0434. The monoisotopic (exact) mass is 413 g/mol. The van der Waals surface area contributed by atoms with Crippen LogP contribution in [0.1, 0.15) is 48.7 Å². The number of benzene rings is 2. The van der Waals surface area contributed by atoms with Gasteiger partial charge in [-0.1, -0.05) is 20.8 Å². The van der Waals surface area contributed by atoms with Gasteiger partial charge in [0.25, 0.3) is 5.91 Å². The maximum Gasteiger partial charge on any atom is 0.254 e. The molecule has 31 heavy (non-hydrogen) atoms. The van der Waals surface area contributed by atoms with Crippen LogP contribution in [0.2, 0.25) is 0 Å². The molecule has 0 saturated carbocycles. The Kier molecular flexibility index (Phi) is 3.58. The average molecular weight is 414 g/mol. The summed E-state index contributed by atoms with van der Waals surface area (Å²) in [6.45, 7) is 7.84. The lowest BCUT2D eigenvalue weighted by molar-refractivity contribution is -0.0261. The van der Waals surface area contributed by atoms with Crippen molar-refractivity contribution in [2.24, 2.45) is 12.5 Å². The molecule has 2 bridgehead atoms. The van der Waals surface area contributed by atoms with Crippen molar-refractivity contribution < 1.29 is 4.79 Å². The van der Waals surface area contributed by atoms with Gasteiger partial charge >= 0.3 is 0 Å². The van der Waals surface area contributed by atoms with Crippen LogP contribution in [0.15, 0.2) is 43.0 Å². The van der Waals surface area contributed by atoms with Crippen LogP contribution < -0.4 is 0 Å². The summed E-state index contributed by atoms with van der Waals surface area (Å²) in [5, 5.41) is 0. The topological polar surface area (TPSA) is 66.8 Å². The first-order chi connectivity index (χ1) is 14.8. The molecule has 1 saturated heterocycles. The minimum Gasteiger partial charge on any atom is -0.345 e. The number of carbonyl (C=O) groups excluding carboxylic acids is 1. The summed E-state index contributed by atoms with van der Waals surface area (Å²) in [6, 6.07) is 10.5. The van der Waals surface area contributed by atoms with Crippen molar-refractivity contribution in [2.45, 2.75) is 45.1 Å². The number of nitrogens with zero attached hydrogens (tertiary/aromatic N) is 4. The van der Waals surface area contributed by atoms with Crippen molar-refractivity contribution in [1.82, 2.24) is 24.4 Å². The third kappa shape index (κ3) is 2.36. The zero-order valence-corrected chi connectivity index (χ0v) is 18.4. The van der Waals surface area contributed by atoms with Crippen LogP contribution in [-0.4, -0.2) is 42.9 Å². The smallest absolute Gasteiger partial charge is 0.254 e. The van der Waals surface area contributed by atoms with Gasteiger partial charge in [-0.15, -0.1) is 0 Å². The molecule has 0 spiro atoms. The fourth-order valence-electron chi connectivity index (χ4n) is 6.01. The highest BCUT2D eigenvalue weighted by Crippen LogP contribution is 2.56. The summed E-state index contributed by atoms with van der Waals surface area (Å²) in [5.74, 6) is 0.110. The predicted molar refractivity (Wildman–Crippen MR) is 121 cm³/mol. The van der Waals surface area contributed by atoms with E-state index >= 15 is 0 Å². The van der Waals surface area contributed by atoms with Gasteiger partial charge in [0.2, 0.25) is 0 Å². The fraction of sp³-hybridized carbons (Fsp3) is 0.400. The molecule has 3 heterocycles. The molecule has 4 aromatic rings. The number of likely N-dealkylation sites (tertiary alicyclic amines) is 1. The lowest BCUT2D eigenvalue weighted by atomic mass is 9.51. The highest BCUT2D eigenvalue weighted by atomic mass is 16.2. The Morgan fingerprint density at radius 2 is 1.97 bits per heavy atom. The molecule has 2 aromatic carbocycles. The molecule has 0 unspecified atom stereocenters. The van der Waals surface area contributed by atoms with Crippen molar-refractivity contribution in [3.05, 3.63) is 59.7 Å². The van der Waals surface area contributed by atoms with Crippen molar-refractivity contribution in [2.75, 3.05) is 6.54 Å². The molecule has 2 aromatic heterocycles. The Bertz CT molecular complexity index is 1360. The van der Waals surface area contributed by atoms with Crippen LogP contribution >= 0.6 is 0 Å². The van der Waals surface area contributed by atoms with E-state index in [1.54, 1.807) is 6.33 Å². The Labute approximate surface area is 181 Å². The fourth-order valence-corrected chi connectivity index (χ4v) is 6.01. The second-order valence-electron chi connectivity index (χ2n) is 10.0. The van der Waals surface area contributed by atoms with Crippen molar-refractivity contribution in [1.29, 1.82) is 0 Å². The van der Waals surface area contributed by atoms with E-state index in [4.69, 9.17) is 0 Å². The number of rotatable bonds is 1. The van der Waals surface area contributed by atoms with Crippen LogP contribution in [0.4, 0.5) is 0 Å². The van der Waals surface area contributed by atoms with Crippen LogP contribution in [0.3, 0.4) is 0 Å². The molecule has 1 N–H and O–H groups in total. The van der Waals surface area contributed by atoms with E-state index in [0.717, 1.165) is 41.5 Å². The van der Waals surface area contributed by atoms with Crippen LogP contribution in [-0.2, 0) is 18.9 Å². The Morgan fingerprint density at radius 1 is 1.13 bits per heavy atom. The molecule has 0 radical (unpaired) electrons. The van der Waals surface area contributed by atoms with E-state index in [1.807, 2.05) is 24.5 Å². The summed E-state index contributed by atoms with van der Waals surface area (Å²) < 4.78 is 2.10. The first kappa shape index (κ1) is 18.6. The molecular formula is C25H27N5O. The molecule has 2 aliphatic rings. The van der Waals surface area contributed by atoms with Crippen molar-refractivity contribution in [3.63, 3.8) is 0 Å². The number of imidazole rings is 2. The standard InChI is InChI=1S/C25H27N5O/c1-24(2)22-11-16-10-20-21(29(4)14-28-20)12-17(16)25(24,3)7-8-30(22)23(31)15-5-6-18-19(9-15)27-13-26-18/h5-6,9-10,12-14,22H,7-8,11H2,1-4H3,(H,26,27)/t22-,25+/m1/s1. The number of nitrogens with one attached hydrogen (secondary N) is 1. The minimum absolute atomic E-state index is 0.00776. The summed E-state index contributed by atoms with van der Waals surface area (Å²) in [6.07, 6.45) is 5.37. The predicted octanol–water partition coefficient (Wildman–Crippen LogP) is 4.20. The zero-order chi connectivity index (χ0) is 21.5. The Hall–Kier alpha value is -3.15. The Morgan fingerprint density at radius 3 is 2.81 bits per heavy atom. The van der Waals surface area contributed by atoms with Gasteiger partial charge in [-0.25, -0.2) is 9.97 Å². The third-order valence-corrected chi connectivity index (χ3v) is 8.37. The molecule has 6 rings (SSSR count). The largest absolute Gasteiger partial charge is 0.345 e. The number of hydrogen-bond acceptors (Lipinski definition) is 3. The number of H-pyrrole nitrogens is 1. The summed E-state index contributed by atoms with van der Waals surface area (Å²) in [5.41, 5.74) is 7.45. The quantitative estimate of drug-likeness (QED) is 0.508. The van der Waals surface area contributed by atoms with Crippen molar-refractivity contribution in [3.8, 4) is 0 Å². The second-order valence-corrected chi connectivity index (χ2v) is 10.0. The number of aromatic amines is 1. The van der Waals surface area contributed by atoms with E-state index in [2.05, 4.69) is 64.4 Å². The van der Waals surface area contributed by atoms with E-state index in [1.165, 1.54) is 16.6 Å². The normalized spacial score (nSPS) is 24.5. The van der Waals surface area contributed by atoms with Gasteiger partial charge in [-0.2, -0.15) is 0 Å². The highest BCUT2D eigenvalue weighted by molar-refractivity contribution is 5.97. The van der Waals surface area contributed by atoms with Gasteiger partial charge in [0.1, 0.15) is 0 Å². The first-order valence-corrected chi connectivity index (χ1v) is 11.0. The molecule has 1 aliphatic carbocycles. The number of hydrogen-bond donors (Lipinski definition) is 1. The molecule has 2 atom stereocenters. The van der Waals surface area contributed by atoms with Gasteiger partial charge in [0.15, 0.2) is 0 Å². The van der Waals surface area contributed by atoms with Gasteiger partial charge in [-0.05, 0) is 59.7 Å². The Balaban J connectivity index is 1.45. The molecule has 1 aliphatic heterocycles. The molecule has 6 heteroatoms. The van der Waals surface area contributed by atoms with Gasteiger partial charge < -0.3 is 14.5 Å². The summed E-state index contributed by atoms with van der Waals surface area (Å²) in [4.78, 5) is 27.8.